The lowest BCUT2D eigenvalue weighted by Crippen LogP contribution is -2.18. The minimum absolute atomic E-state index is 0.925. The van der Waals surface area contributed by atoms with E-state index >= 15 is 0 Å². The Bertz CT molecular complexity index is 420. The minimum atomic E-state index is 0.925. The molecule has 0 aromatic carbocycles. The summed E-state index contributed by atoms with van der Waals surface area (Å²) in [7, 11) is 2.07. The summed E-state index contributed by atoms with van der Waals surface area (Å²) in [6.45, 7) is 1.92. The van der Waals surface area contributed by atoms with Crippen molar-refractivity contribution in [3.63, 3.8) is 0 Å². The maximum atomic E-state index is 4.00. The fourth-order valence-corrected chi connectivity index (χ4v) is 1.68. The molecule has 0 unspecified atom stereocenters. The lowest BCUT2D eigenvalue weighted by Gasteiger charge is -2.05. The highest BCUT2D eigenvalue weighted by Crippen LogP contribution is 1.99. The summed E-state index contributed by atoms with van der Waals surface area (Å²) in [4.78, 5) is 4.00. The predicted octanol–water partition coefficient (Wildman–Crippen LogP) is 1.75. The van der Waals surface area contributed by atoms with Crippen LogP contribution in [0.1, 0.15) is 11.3 Å². The van der Waals surface area contributed by atoms with Crippen molar-refractivity contribution in [2.24, 2.45) is 7.05 Å². The number of rotatable bonds is 5. The van der Waals surface area contributed by atoms with Gasteiger partial charge in [0, 0.05) is 37.9 Å². The maximum Gasteiger partial charge on any atom is 0.0359 e. The van der Waals surface area contributed by atoms with Crippen LogP contribution in [0, 0.1) is 0 Å². The highest BCUT2D eigenvalue weighted by atomic mass is 15.0. The zero-order valence-corrected chi connectivity index (χ0v) is 9.56. The minimum Gasteiger partial charge on any atom is -0.353 e. The van der Waals surface area contributed by atoms with E-state index in [0.29, 0.717) is 0 Å². The molecule has 0 aliphatic carbocycles. The Hall–Kier alpha value is -1.61. The average Bonchev–Trinajstić information content (AvgIpc) is 2.72. The van der Waals surface area contributed by atoms with Crippen molar-refractivity contribution in [3.05, 3.63) is 54.1 Å². The van der Waals surface area contributed by atoms with Crippen LogP contribution in [-0.4, -0.2) is 16.1 Å². The number of hydrogen-bond donors (Lipinski definition) is 1. The van der Waals surface area contributed by atoms with E-state index in [9.17, 15) is 0 Å². The Morgan fingerprint density at radius 1 is 1.25 bits per heavy atom. The molecule has 2 rings (SSSR count). The van der Waals surface area contributed by atoms with Crippen LogP contribution in [0.2, 0.25) is 0 Å². The van der Waals surface area contributed by atoms with E-state index in [0.717, 1.165) is 19.5 Å². The number of aryl methyl sites for hydroxylation is 1. The number of hydrogen-bond acceptors (Lipinski definition) is 2. The SMILES string of the molecule is Cn1cccc1CNCCc1ccncc1. The Balaban J connectivity index is 1.72. The summed E-state index contributed by atoms with van der Waals surface area (Å²) in [5, 5.41) is 3.44. The van der Waals surface area contributed by atoms with Gasteiger partial charge in [-0.2, -0.15) is 0 Å². The smallest absolute Gasteiger partial charge is 0.0359 e. The van der Waals surface area contributed by atoms with Crippen LogP contribution >= 0.6 is 0 Å². The molecule has 0 bridgehead atoms. The molecule has 2 aromatic heterocycles. The summed E-state index contributed by atoms with van der Waals surface area (Å²) >= 11 is 0. The molecular weight excluding hydrogens is 198 g/mol. The summed E-state index contributed by atoms with van der Waals surface area (Å²) in [6.07, 6.45) is 6.80. The molecule has 1 N–H and O–H groups in total. The molecule has 0 fully saturated rings. The van der Waals surface area contributed by atoms with Gasteiger partial charge in [0.05, 0.1) is 0 Å². The van der Waals surface area contributed by atoms with Crippen molar-refractivity contribution >= 4 is 0 Å². The molecular formula is C13H17N3. The first-order chi connectivity index (χ1) is 7.86. The molecule has 2 heterocycles. The van der Waals surface area contributed by atoms with E-state index in [1.807, 2.05) is 12.4 Å². The molecule has 0 spiro atoms. The number of nitrogens with one attached hydrogen (secondary N) is 1. The highest BCUT2D eigenvalue weighted by molar-refractivity contribution is 5.10. The lowest BCUT2D eigenvalue weighted by molar-refractivity contribution is 0.652. The largest absolute Gasteiger partial charge is 0.353 e. The molecule has 3 nitrogen and oxygen atoms in total. The first-order valence-corrected chi connectivity index (χ1v) is 5.56. The number of pyridine rings is 1. The van der Waals surface area contributed by atoms with Crippen molar-refractivity contribution in [1.82, 2.24) is 14.9 Å². The Morgan fingerprint density at radius 2 is 2.06 bits per heavy atom. The van der Waals surface area contributed by atoms with Gasteiger partial charge in [-0.05, 0) is 42.8 Å². The Labute approximate surface area is 96.1 Å². The van der Waals surface area contributed by atoms with E-state index in [2.05, 4.69) is 52.4 Å². The van der Waals surface area contributed by atoms with E-state index < -0.39 is 0 Å². The van der Waals surface area contributed by atoms with Gasteiger partial charge < -0.3 is 9.88 Å². The van der Waals surface area contributed by atoms with Gasteiger partial charge in [-0.25, -0.2) is 0 Å². The summed E-state index contributed by atoms with van der Waals surface area (Å²) in [5.74, 6) is 0. The van der Waals surface area contributed by atoms with E-state index in [1.165, 1.54) is 11.3 Å². The molecule has 0 amide bonds. The summed E-state index contributed by atoms with van der Waals surface area (Å²) in [5.41, 5.74) is 2.64. The molecule has 0 radical (unpaired) electrons. The zero-order chi connectivity index (χ0) is 11.2. The van der Waals surface area contributed by atoms with Crippen LogP contribution in [0.5, 0.6) is 0 Å². The van der Waals surface area contributed by atoms with E-state index in [4.69, 9.17) is 0 Å². The normalized spacial score (nSPS) is 10.6. The second kappa shape index (κ2) is 5.47. The van der Waals surface area contributed by atoms with Gasteiger partial charge in [0.2, 0.25) is 0 Å². The van der Waals surface area contributed by atoms with E-state index in [-0.39, 0.29) is 0 Å². The zero-order valence-electron chi connectivity index (χ0n) is 9.56. The van der Waals surface area contributed by atoms with Crippen molar-refractivity contribution in [2.75, 3.05) is 6.54 Å². The quantitative estimate of drug-likeness (QED) is 0.770. The fraction of sp³-hybridized carbons (Fsp3) is 0.308. The molecule has 2 aromatic rings. The maximum absolute atomic E-state index is 4.00. The van der Waals surface area contributed by atoms with Gasteiger partial charge in [0.15, 0.2) is 0 Å². The predicted molar refractivity (Wildman–Crippen MR) is 65.1 cm³/mol. The number of nitrogens with zero attached hydrogens (tertiary/aromatic N) is 2. The first kappa shape index (κ1) is 10.9. The third-order valence-electron chi connectivity index (χ3n) is 2.70. The van der Waals surface area contributed by atoms with Crippen LogP contribution in [0.4, 0.5) is 0 Å². The molecule has 0 atom stereocenters. The molecule has 84 valence electrons. The molecule has 0 aliphatic heterocycles. The molecule has 16 heavy (non-hydrogen) atoms. The van der Waals surface area contributed by atoms with Crippen molar-refractivity contribution in [3.8, 4) is 0 Å². The standard InChI is InChI=1S/C13H17N3/c1-16-10-2-3-13(16)11-15-9-6-12-4-7-14-8-5-12/h2-5,7-8,10,15H,6,9,11H2,1H3. The van der Waals surface area contributed by atoms with E-state index in [1.54, 1.807) is 0 Å². The topological polar surface area (TPSA) is 29.9 Å². The average molecular weight is 215 g/mol. The third-order valence-corrected chi connectivity index (χ3v) is 2.70. The summed E-state index contributed by atoms with van der Waals surface area (Å²) < 4.78 is 2.14. The number of aromatic nitrogens is 2. The molecule has 0 aliphatic rings. The Morgan fingerprint density at radius 3 is 2.75 bits per heavy atom. The van der Waals surface area contributed by atoms with Gasteiger partial charge in [0.25, 0.3) is 0 Å². The first-order valence-electron chi connectivity index (χ1n) is 5.56. The third kappa shape index (κ3) is 2.94. The monoisotopic (exact) mass is 215 g/mol. The van der Waals surface area contributed by atoms with Gasteiger partial charge in [-0.15, -0.1) is 0 Å². The fourth-order valence-electron chi connectivity index (χ4n) is 1.68. The second-order valence-corrected chi connectivity index (χ2v) is 3.89. The van der Waals surface area contributed by atoms with Crippen LogP contribution in [0.15, 0.2) is 42.9 Å². The lowest BCUT2D eigenvalue weighted by atomic mass is 10.2. The van der Waals surface area contributed by atoms with Gasteiger partial charge in [-0.1, -0.05) is 0 Å². The highest BCUT2D eigenvalue weighted by Gasteiger charge is 1.96. The van der Waals surface area contributed by atoms with Gasteiger partial charge in [-0.3, -0.25) is 4.98 Å². The van der Waals surface area contributed by atoms with Crippen molar-refractivity contribution in [1.29, 1.82) is 0 Å². The van der Waals surface area contributed by atoms with Gasteiger partial charge in [0.1, 0.15) is 0 Å². The summed E-state index contributed by atoms with van der Waals surface area (Å²) in [6, 6.07) is 8.33. The van der Waals surface area contributed by atoms with Crippen LogP contribution in [0.3, 0.4) is 0 Å². The van der Waals surface area contributed by atoms with Crippen molar-refractivity contribution in [2.45, 2.75) is 13.0 Å². The second-order valence-electron chi connectivity index (χ2n) is 3.89. The van der Waals surface area contributed by atoms with Gasteiger partial charge >= 0.3 is 0 Å². The molecule has 3 heteroatoms. The van der Waals surface area contributed by atoms with Crippen LogP contribution in [-0.2, 0) is 20.0 Å². The molecule has 0 saturated carbocycles. The van der Waals surface area contributed by atoms with Crippen LogP contribution < -0.4 is 5.32 Å². The Kier molecular flexibility index (Phi) is 3.72. The van der Waals surface area contributed by atoms with Crippen LogP contribution in [0.25, 0.3) is 0 Å². The molecule has 0 saturated heterocycles. The van der Waals surface area contributed by atoms with Crippen molar-refractivity contribution < 1.29 is 0 Å².